The van der Waals surface area contributed by atoms with Crippen LogP contribution in [-0.2, 0) is 9.59 Å². The highest BCUT2D eigenvalue weighted by atomic mass is 16.2. The molecule has 0 aromatic rings. The van der Waals surface area contributed by atoms with Crippen LogP contribution in [0.5, 0.6) is 0 Å². The van der Waals surface area contributed by atoms with Gasteiger partial charge in [-0.3, -0.25) is 14.5 Å². The second kappa shape index (κ2) is 3.23. The first-order valence-electron chi connectivity index (χ1n) is 5.08. The molecule has 1 aliphatic heterocycles. The molecule has 3 atom stereocenters. The number of amides is 2. The third kappa shape index (κ3) is 1.37. The van der Waals surface area contributed by atoms with Crippen LogP contribution >= 0.6 is 0 Å². The van der Waals surface area contributed by atoms with Crippen LogP contribution in [0.3, 0.4) is 0 Å². The van der Waals surface area contributed by atoms with Gasteiger partial charge >= 0.3 is 0 Å². The topological polar surface area (TPSA) is 37.4 Å². The van der Waals surface area contributed by atoms with Gasteiger partial charge in [0.05, 0.1) is 5.92 Å². The Kier molecular flexibility index (Phi) is 2.17. The Morgan fingerprint density at radius 1 is 1.36 bits per heavy atom. The summed E-state index contributed by atoms with van der Waals surface area (Å²) in [6, 6.07) is 0. The van der Waals surface area contributed by atoms with Crippen LogP contribution in [0.2, 0.25) is 0 Å². The molecule has 3 unspecified atom stereocenters. The van der Waals surface area contributed by atoms with Gasteiger partial charge in [-0.25, -0.2) is 0 Å². The normalized spacial score (nSPS) is 37.3. The molecule has 0 spiro atoms. The minimum absolute atomic E-state index is 0.00116. The molecular formula is C11H15NO2. The fraction of sp³-hybridized carbons (Fsp3) is 0.636. The van der Waals surface area contributed by atoms with E-state index in [1.54, 1.807) is 7.05 Å². The van der Waals surface area contributed by atoms with E-state index in [1.807, 2.05) is 0 Å². The van der Waals surface area contributed by atoms with E-state index < -0.39 is 0 Å². The molecule has 76 valence electrons. The summed E-state index contributed by atoms with van der Waals surface area (Å²) in [5.41, 5.74) is 0. The van der Waals surface area contributed by atoms with Crippen molar-refractivity contribution < 1.29 is 9.59 Å². The summed E-state index contributed by atoms with van der Waals surface area (Å²) in [7, 11) is 1.58. The first-order chi connectivity index (χ1) is 6.59. The molecule has 0 N–H and O–H groups in total. The van der Waals surface area contributed by atoms with E-state index in [0.29, 0.717) is 12.3 Å². The van der Waals surface area contributed by atoms with Crippen molar-refractivity contribution in [3.63, 3.8) is 0 Å². The van der Waals surface area contributed by atoms with Crippen LogP contribution in [0, 0.1) is 17.8 Å². The lowest BCUT2D eigenvalue weighted by atomic mass is 9.89. The first-order valence-corrected chi connectivity index (χ1v) is 5.08. The lowest BCUT2D eigenvalue weighted by Gasteiger charge is -2.15. The molecule has 1 aliphatic carbocycles. The summed E-state index contributed by atoms with van der Waals surface area (Å²) in [6.45, 7) is 2.14. The highest BCUT2D eigenvalue weighted by Crippen LogP contribution is 2.35. The van der Waals surface area contributed by atoms with Crippen LogP contribution in [0.1, 0.15) is 19.8 Å². The number of nitrogens with zero attached hydrogens (tertiary/aromatic N) is 1. The standard InChI is InChI=1S/C11H15NO2/c1-7-3-4-8(5-7)9-6-10(13)12(2)11(9)14/h3-4,7-9H,5-6H2,1-2H3. The van der Waals surface area contributed by atoms with Crippen molar-refractivity contribution in [3.8, 4) is 0 Å². The number of hydrogen-bond acceptors (Lipinski definition) is 2. The highest BCUT2D eigenvalue weighted by molar-refractivity contribution is 6.03. The lowest BCUT2D eigenvalue weighted by Crippen LogP contribution is -2.27. The second-order valence-electron chi connectivity index (χ2n) is 4.36. The van der Waals surface area contributed by atoms with Gasteiger partial charge in [-0.15, -0.1) is 0 Å². The molecule has 1 saturated heterocycles. The van der Waals surface area contributed by atoms with E-state index in [-0.39, 0.29) is 23.7 Å². The maximum Gasteiger partial charge on any atom is 0.233 e. The van der Waals surface area contributed by atoms with Gasteiger partial charge in [0.2, 0.25) is 11.8 Å². The minimum Gasteiger partial charge on any atom is -0.285 e. The van der Waals surface area contributed by atoms with Gasteiger partial charge in [0.15, 0.2) is 0 Å². The van der Waals surface area contributed by atoms with E-state index >= 15 is 0 Å². The largest absolute Gasteiger partial charge is 0.285 e. The summed E-state index contributed by atoms with van der Waals surface area (Å²) in [4.78, 5) is 24.3. The fourth-order valence-corrected chi connectivity index (χ4v) is 2.34. The number of carbonyl (C=O) groups excluding carboxylic acids is 2. The van der Waals surface area contributed by atoms with E-state index in [2.05, 4.69) is 19.1 Å². The van der Waals surface area contributed by atoms with Crippen molar-refractivity contribution in [2.45, 2.75) is 19.8 Å². The summed E-state index contributed by atoms with van der Waals surface area (Å²) >= 11 is 0. The van der Waals surface area contributed by atoms with E-state index in [1.165, 1.54) is 4.90 Å². The second-order valence-corrected chi connectivity index (χ2v) is 4.36. The van der Waals surface area contributed by atoms with Crippen LogP contribution < -0.4 is 0 Å². The molecule has 0 bridgehead atoms. The Hall–Kier alpha value is -1.12. The van der Waals surface area contributed by atoms with Crippen molar-refractivity contribution in [2.75, 3.05) is 7.05 Å². The summed E-state index contributed by atoms with van der Waals surface area (Å²) in [5, 5.41) is 0. The van der Waals surface area contributed by atoms with Gasteiger partial charge in [0.25, 0.3) is 0 Å². The molecule has 1 heterocycles. The predicted molar refractivity (Wildman–Crippen MR) is 52.3 cm³/mol. The molecule has 0 radical (unpaired) electrons. The summed E-state index contributed by atoms with van der Waals surface area (Å²) in [6.07, 6.45) is 5.65. The number of imide groups is 1. The third-order valence-electron chi connectivity index (χ3n) is 3.26. The van der Waals surface area contributed by atoms with Gasteiger partial charge in [0, 0.05) is 13.5 Å². The van der Waals surface area contributed by atoms with Crippen LogP contribution in [0.25, 0.3) is 0 Å². The van der Waals surface area contributed by atoms with Crippen LogP contribution in [0.4, 0.5) is 0 Å². The van der Waals surface area contributed by atoms with Crippen molar-refractivity contribution in [1.82, 2.24) is 4.90 Å². The van der Waals surface area contributed by atoms with E-state index in [4.69, 9.17) is 0 Å². The SMILES string of the molecule is CC1C=CC(C2CC(=O)N(C)C2=O)C1. The van der Waals surface area contributed by atoms with Gasteiger partial charge in [-0.2, -0.15) is 0 Å². The van der Waals surface area contributed by atoms with Crippen molar-refractivity contribution in [2.24, 2.45) is 17.8 Å². The molecule has 3 nitrogen and oxygen atoms in total. The van der Waals surface area contributed by atoms with Crippen molar-refractivity contribution >= 4 is 11.8 Å². The Labute approximate surface area is 83.8 Å². The molecule has 1 fully saturated rings. The fourth-order valence-electron chi connectivity index (χ4n) is 2.34. The number of rotatable bonds is 1. The van der Waals surface area contributed by atoms with Gasteiger partial charge in [-0.1, -0.05) is 19.1 Å². The summed E-state index contributed by atoms with van der Waals surface area (Å²) in [5.74, 6) is 0.709. The molecule has 2 amide bonds. The molecule has 3 heteroatoms. The first kappa shape index (κ1) is 9.44. The average Bonchev–Trinajstić information content (AvgIpc) is 2.66. The lowest BCUT2D eigenvalue weighted by molar-refractivity contribution is -0.138. The Morgan fingerprint density at radius 3 is 2.50 bits per heavy atom. The Bertz CT molecular complexity index is 308. The predicted octanol–water partition coefficient (Wildman–Crippen LogP) is 1.20. The quantitative estimate of drug-likeness (QED) is 0.463. The molecule has 0 saturated carbocycles. The Morgan fingerprint density at radius 2 is 2.07 bits per heavy atom. The molecular weight excluding hydrogens is 178 g/mol. The molecule has 14 heavy (non-hydrogen) atoms. The monoisotopic (exact) mass is 193 g/mol. The number of carbonyl (C=O) groups is 2. The maximum absolute atomic E-state index is 11.7. The molecule has 2 rings (SSSR count). The highest BCUT2D eigenvalue weighted by Gasteiger charge is 2.41. The van der Waals surface area contributed by atoms with Gasteiger partial charge < -0.3 is 0 Å². The Balaban J connectivity index is 2.10. The van der Waals surface area contributed by atoms with Crippen LogP contribution in [0.15, 0.2) is 12.2 Å². The number of likely N-dealkylation sites (tertiary alicyclic amines) is 1. The van der Waals surface area contributed by atoms with Gasteiger partial charge in [-0.05, 0) is 18.3 Å². The zero-order chi connectivity index (χ0) is 10.3. The van der Waals surface area contributed by atoms with Crippen molar-refractivity contribution in [3.05, 3.63) is 12.2 Å². The van der Waals surface area contributed by atoms with E-state index in [0.717, 1.165) is 6.42 Å². The smallest absolute Gasteiger partial charge is 0.233 e. The molecule has 0 aromatic heterocycles. The minimum atomic E-state index is -0.0892. The summed E-state index contributed by atoms with van der Waals surface area (Å²) < 4.78 is 0. The molecule has 2 aliphatic rings. The van der Waals surface area contributed by atoms with Crippen molar-refractivity contribution in [1.29, 1.82) is 0 Å². The molecule has 0 aromatic carbocycles. The third-order valence-corrected chi connectivity index (χ3v) is 3.26. The average molecular weight is 193 g/mol. The van der Waals surface area contributed by atoms with Crippen LogP contribution in [-0.4, -0.2) is 23.8 Å². The zero-order valence-corrected chi connectivity index (χ0v) is 8.56. The van der Waals surface area contributed by atoms with E-state index in [9.17, 15) is 9.59 Å². The maximum atomic E-state index is 11.7. The van der Waals surface area contributed by atoms with Gasteiger partial charge in [0.1, 0.15) is 0 Å². The zero-order valence-electron chi connectivity index (χ0n) is 8.56. The number of hydrogen-bond donors (Lipinski definition) is 0. The number of allylic oxidation sites excluding steroid dienone is 2.